The van der Waals surface area contributed by atoms with Gasteiger partial charge in [-0.1, -0.05) is 54.6 Å². The maximum atomic E-state index is 12.0. The first-order valence-corrected chi connectivity index (χ1v) is 8.20. The van der Waals surface area contributed by atoms with Crippen LogP contribution in [0.2, 0.25) is 0 Å². The van der Waals surface area contributed by atoms with Gasteiger partial charge in [-0.2, -0.15) is 0 Å². The Bertz CT molecular complexity index is 887. The SMILES string of the molecule is Cc1ncc(-c2ccc(C3C(C(=O)NO)C3c3ccccc3)cc2)o1. The minimum atomic E-state index is -0.339. The molecule has 0 aliphatic heterocycles. The zero-order valence-electron chi connectivity index (χ0n) is 13.7. The van der Waals surface area contributed by atoms with Crippen LogP contribution in [-0.2, 0) is 4.79 Å². The number of rotatable bonds is 4. The van der Waals surface area contributed by atoms with Gasteiger partial charge in [0.25, 0.3) is 0 Å². The number of hydroxylamine groups is 1. The van der Waals surface area contributed by atoms with E-state index in [1.54, 1.807) is 11.7 Å². The first kappa shape index (κ1) is 15.6. The minimum absolute atomic E-state index is 0.0556. The van der Waals surface area contributed by atoms with Crippen molar-refractivity contribution in [2.24, 2.45) is 5.92 Å². The molecule has 1 heterocycles. The van der Waals surface area contributed by atoms with Gasteiger partial charge in [0.15, 0.2) is 11.7 Å². The highest BCUT2D eigenvalue weighted by atomic mass is 16.5. The standard InChI is InChI=1S/C20H18N2O3/c1-12-21-11-16(25-12)13-7-9-15(10-8-13)18-17(19(18)20(23)22-24)14-5-3-2-4-6-14/h2-11,17-19,24H,1H3,(H,22,23). The molecule has 2 N–H and O–H groups in total. The van der Waals surface area contributed by atoms with Crippen LogP contribution in [0.15, 0.2) is 65.2 Å². The monoisotopic (exact) mass is 334 g/mol. The Hall–Kier alpha value is -2.92. The molecular weight excluding hydrogens is 316 g/mol. The third-order valence-electron chi connectivity index (χ3n) is 4.82. The van der Waals surface area contributed by atoms with Gasteiger partial charge in [-0.3, -0.25) is 10.0 Å². The lowest BCUT2D eigenvalue weighted by Gasteiger charge is -2.02. The Morgan fingerprint density at radius 2 is 1.68 bits per heavy atom. The van der Waals surface area contributed by atoms with Crippen molar-refractivity contribution in [3.05, 3.63) is 77.8 Å². The minimum Gasteiger partial charge on any atom is -0.441 e. The van der Waals surface area contributed by atoms with Crippen molar-refractivity contribution in [2.45, 2.75) is 18.8 Å². The summed E-state index contributed by atoms with van der Waals surface area (Å²) >= 11 is 0. The molecule has 3 atom stereocenters. The predicted molar refractivity (Wildman–Crippen MR) is 92.0 cm³/mol. The lowest BCUT2D eigenvalue weighted by molar-refractivity contribution is -0.130. The van der Waals surface area contributed by atoms with E-state index in [9.17, 15) is 4.79 Å². The molecule has 126 valence electrons. The number of hydrogen-bond donors (Lipinski definition) is 2. The molecule has 5 heteroatoms. The molecular formula is C20H18N2O3. The maximum Gasteiger partial charge on any atom is 0.247 e. The summed E-state index contributed by atoms with van der Waals surface area (Å²) in [6.07, 6.45) is 1.70. The Labute approximate surface area is 145 Å². The van der Waals surface area contributed by atoms with Crippen LogP contribution in [0.5, 0.6) is 0 Å². The van der Waals surface area contributed by atoms with Crippen molar-refractivity contribution in [2.75, 3.05) is 0 Å². The van der Waals surface area contributed by atoms with Gasteiger partial charge in [0.1, 0.15) is 0 Å². The number of hydrogen-bond acceptors (Lipinski definition) is 4. The van der Waals surface area contributed by atoms with Crippen molar-refractivity contribution in [1.82, 2.24) is 10.5 Å². The molecule has 25 heavy (non-hydrogen) atoms. The van der Waals surface area contributed by atoms with Crippen LogP contribution in [0, 0.1) is 12.8 Å². The largest absolute Gasteiger partial charge is 0.441 e. The Morgan fingerprint density at radius 3 is 2.24 bits per heavy atom. The average Bonchev–Trinajstić information content (AvgIpc) is 3.27. The summed E-state index contributed by atoms with van der Waals surface area (Å²) < 4.78 is 5.54. The smallest absolute Gasteiger partial charge is 0.247 e. The van der Waals surface area contributed by atoms with E-state index in [0.29, 0.717) is 5.89 Å². The summed E-state index contributed by atoms with van der Waals surface area (Å²) in [6, 6.07) is 17.9. The second-order valence-electron chi connectivity index (χ2n) is 6.33. The van der Waals surface area contributed by atoms with Crippen molar-refractivity contribution in [3.63, 3.8) is 0 Å². The van der Waals surface area contributed by atoms with Crippen LogP contribution >= 0.6 is 0 Å². The molecule has 3 unspecified atom stereocenters. The fourth-order valence-corrected chi connectivity index (χ4v) is 3.58. The lowest BCUT2D eigenvalue weighted by Crippen LogP contribution is -2.21. The van der Waals surface area contributed by atoms with Crippen molar-refractivity contribution in [1.29, 1.82) is 0 Å². The number of amides is 1. The highest BCUT2D eigenvalue weighted by Crippen LogP contribution is 2.60. The first-order chi connectivity index (χ1) is 12.2. The van der Waals surface area contributed by atoms with E-state index in [0.717, 1.165) is 22.5 Å². The van der Waals surface area contributed by atoms with Crippen LogP contribution in [0.25, 0.3) is 11.3 Å². The number of benzene rings is 2. The topological polar surface area (TPSA) is 75.4 Å². The van der Waals surface area contributed by atoms with E-state index in [1.165, 1.54) is 0 Å². The van der Waals surface area contributed by atoms with Crippen LogP contribution in [-0.4, -0.2) is 16.1 Å². The van der Waals surface area contributed by atoms with Crippen molar-refractivity contribution < 1.29 is 14.4 Å². The molecule has 0 radical (unpaired) electrons. The molecule has 1 saturated carbocycles. The van der Waals surface area contributed by atoms with Gasteiger partial charge in [0.05, 0.1) is 12.1 Å². The van der Waals surface area contributed by atoms with Gasteiger partial charge in [0.2, 0.25) is 5.91 Å². The molecule has 1 amide bonds. The molecule has 2 aromatic carbocycles. The molecule has 4 rings (SSSR count). The fraction of sp³-hybridized carbons (Fsp3) is 0.200. The van der Waals surface area contributed by atoms with Gasteiger partial charge >= 0.3 is 0 Å². The second-order valence-corrected chi connectivity index (χ2v) is 6.33. The van der Waals surface area contributed by atoms with Gasteiger partial charge in [-0.15, -0.1) is 0 Å². The fourth-order valence-electron chi connectivity index (χ4n) is 3.58. The predicted octanol–water partition coefficient (Wildman–Crippen LogP) is 3.65. The molecule has 3 aromatic rings. The Kier molecular flexibility index (Phi) is 3.86. The molecule has 0 spiro atoms. The van der Waals surface area contributed by atoms with E-state index >= 15 is 0 Å². The average molecular weight is 334 g/mol. The summed E-state index contributed by atoms with van der Waals surface area (Å²) in [6.45, 7) is 1.81. The lowest BCUT2D eigenvalue weighted by atomic mass is 10.0. The summed E-state index contributed by atoms with van der Waals surface area (Å²) in [5.41, 5.74) is 4.93. The maximum absolute atomic E-state index is 12.0. The van der Waals surface area contributed by atoms with Crippen LogP contribution in [0.3, 0.4) is 0 Å². The quantitative estimate of drug-likeness (QED) is 0.564. The van der Waals surface area contributed by atoms with Gasteiger partial charge < -0.3 is 4.42 Å². The number of nitrogens with zero attached hydrogens (tertiary/aromatic N) is 1. The molecule has 1 fully saturated rings. The Balaban J connectivity index is 1.62. The van der Waals surface area contributed by atoms with Gasteiger partial charge in [-0.05, 0) is 11.1 Å². The van der Waals surface area contributed by atoms with E-state index in [-0.39, 0.29) is 23.7 Å². The molecule has 1 aliphatic carbocycles. The van der Waals surface area contributed by atoms with E-state index in [4.69, 9.17) is 9.62 Å². The molecule has 0 bridgehead atoms. The Morgan fingerprint density at radius 1 is 1.04 bits per heavy atom. The number of aryl methyl sites for hydroxylation is 1. The molecule has 1 aliphatic rings. The third-order valence-corrected chi connectivity index (χ3v) is 4.82. The molecule has 0 saturated heterocycles. The summed E-state index contributed by atoms with van der Waals surface area (Å²) in [5.74, 6) is 0.889. The van der Waals surface area contributed by atoms with Crippen molar-refractivity contribution >= 4 is 5.91 Å². The van der Waals surface area contributed by atoms with Crippen LogP contribution < -0.4 is 5.48 Å². The zero-order valence-corrected chi connectivity index (χ0v) is 13.7. The summed E-state index contributed by atoms with van der Waals surface area (Å²) in [4.78, 5) is 16.2. The zero-order chi connectivity index (χ0) is 17.4. The van der Waals surface area contributed by atoms with Gasteiger partial charge in [0, 0.05) is 24.3 Å². The second kappa shape index (κ2) is 6.18. The van der Waals surface area contributed by atoms with Gasteiger partial charge in [-0.25, -0.2) is 10.5 Å². The number of nitrogens with one attached hydrogen (secondary N) is 1. The molecule has 5 nitrogen and oxygen atoms in total. The number of oxazole rings is 1. The number of aromatic nitrogens is 1. The van der Waals surface area contributed by atoms with Crippen LogP contribution in [0.1, 0.15) is 28.9 Å². The van der Waals surface area contributed by atoms with E-state index in [2.05, 4.69) is 4.98 Å². The van der Waals surface area contributed by atoms with E-state index < -0.39 is 0 Å². The number of carbonyl (C=O) groups is 1. The normalized spacial score (nSPS) is 21.8. The summed E-state index contributed by atoms with van der Waals surface area (Å²) in [5, 5.41) is 9.05. The number of carbonyl (C=O) groups excluding carboxylic acids is 1. The molecule has 1 aromatic heterocycles. The first-order valence-electron chi connectivity index (χ1n) is 8.20. The third kappa shape index (κ3) is 2.83. The van der Waals surface area contributed by atoms with Crippen LogP contribution in [0.4, 0.5) is 0 Å². The van der Waals surface area contributed by atoms with Crippen molar-refractivity contribution in [3.8, 4) is 11.3 Å². The highest BCUT2D eigenvalue weighted by molar-refractivity contribution is 5.84. The van der Waals surface area contributed by atoms with E-state index in [1.807, 2.05) is 61.5 Å². The highest BCUT2D eigenvalue weighted by Gasteiger charge is 2.56. The summed E-state index contributed by atoms with van der Waals surface area (Å²) in [7, 11) is 0.